The van der Waals surface area contributed by atoms with Gasteiger partial charge in [-0.3, -0.25) is 28.2 Å². The quantitative estimate of drug-likeness (QED) is 0.0978. The molecule has 0 radical (unpaired) electrons. The van der Waals surface area contributed by atoms with Gasteiger partial charge in [0.1, 0.15) is 47.8 Å². The second-order valence-electron chi connectivity index (χ2n) is 14.7. The Morgan fingerprint density at radius 2 is 1.58 bits per heavy atom. The summed E-state index contributed by atoms with van der Waals surface area (Å²) in [6.45, 7) is -2.31. The molecule has 0 unspecified atom stereocenters. The smallest absolute Gasteiger partial charge is 0.282 e. The molecule has 4 aromatic carbocycles. The molecule has 23 heteroatoms. The summed E-state index contributed by atoms with van der Waals surface area (Å²) in [6, 6.07) is 12.9. The minimum atomic E-state index is -4.11. The Balaban J connectivity index is 1.39. The van der Waals surface area contributed by atoms with E-state index in [1.54, 1.807) is 6.07 Å². The lowest BCUT2D eigenvalue weighted by Gasteiger charge is -2.24. The Morgan fingerprint density at radius 3 is 2.23 bits per heavy atom. The lowest BCUT2D eigenvalue weighted by Crippen LogP contribution is -2.37. The highest BCUT2D eigenvalue weighted by molar-refractivity contribution is 7.93. The molecule has 8 rings (SSSR count). The van der Waals surface area contributed by atoms with E-state index in [1.807, 2.05) is 0 Å². The maximum Gasteiger partial charge on any atom is 0.282 e. The summed E-state index contributed by atoms with van der Waals surface area (Å²) in [5.74, 6) is -4.99. The van der Waals surface area contributed by atoms with Crippen LogP contribution in [-0.2, 0) is 34.3 Å². The number of aromatic nitrogens is 6. The van der Waals surface area contributed by atoms with E-state index in [0.717, 1.165) is 16.7 Å². The van der Waals surface area contributed by atoms with Gasteiger partial charge in [-0.25, -0.2) is 52.9 Å². The van der Waals surface area contributed by atoms with Crippen molar-refractivity contribution >= 4 is 55.2 Å². The highest BCUT2D eigenvalue weighted by Gasteiger charge is 2.37. The van der Waals surface area contributed by atoms with E-state index in [2.05, 4.69) is 20.2 Å². The average molecular weight is 937 g/mol. The lowest BCUT2D eigenvalue weighted by molar-refractivity contribution is -0.122. The Kier molecular flexibility index (Phi) is 11.9. The average Bonchev–Trinajstić information content (AvgIpc) is 3.92. The molecular weight excluding hydrogens is 907 g/mol. The van der Waals surface area contributed by atoms with Gasteiger partial charge in [0.15, 0.2) is 5.82 Å². The second kappa shape index (κ2) is 17.3. The van der Waals surface area contributed by atoms with Gasteiger partial charge in [0.25, 0.3) is 24.8 Å². The number of hydrogen-bond donors (Lipinski definition) is 2. The maximum atomic E-state index is 15.1. The third-order valence-corrected chi connectivity index (χ3v) is 12.4. The molecule has 12 nitrogen and oxygen atoms in total. The molecule has 1 saturated carbocycles. The number of carbonyl (C=O) groups is 1. The van der Waals surface area contributed by atoms with Gasteiger partial charge in [-0.1, -0.05) is 35.9 Å². The number of carbonyl (C=O) groups excluding carboxylic acids is 1. The SMILES string of the molecule is O=C(Cn1nc(C(F)F)cc1C(F)F)N[C@@H](Cc1cc(F)cc(F)c1)c1nc2cc(-c3ccccc3F)ccc2c(=O)n1-c1ccc(Cl)c2c(NS(=O)(=O)C3CC3)nn(CC(F)F)c12. The standard InChI is InChI=1S/C41H30ClF9N8O4S/c42-26-9-10-31(36-35(26)39(55-58(36)17-33(46)47)56-64(62,63)23-6-7-23)59-40(53-28-14-20(5-8-25(28)41(59)61)24-3-1-2-4-27(24)45)30(13-19-11-21(43)15-22(44)12-19)52-34(60)18-57-32(38(50)51)16-29(54-57)37(48)49/h1-5,8-12,14-16,23,30,33,37-38H,6-7,13,17-18H2,(H,52,60)(H,55,56)/t30-/m0/s1. The van der Waals surface area contributed by atoms with E-state index < -0.39 is 112 Å². The molecule has 0 spiro atoms. The Hall–Kier alpha value is -6.42. The first-order valence-electron chi connectivity index (χ1n) is 19.1. The van der Waals surface area contributed by atoms with E-state index in [-0.39, 0.29) is 49.2 Å². The van der Waals surface area contributed by atoms with Crippen molar-refractivity contribution in [2.24, 2.45) is 0 Å². The van der Waals surface area contributed by atoms with E-state index >= 15 is 9.18 Å². The van der Waals surface area contributed by atoms with E-state index in [9.17, 15) is 48.3 Å². The number of alkyl halides is 6. The van der Waals surface area contributed by atoms with Gasteiger partial charge < -0.3 is 5.32 Å². The van der Waals surface area contributed by atoms with Crippen molar-refractivity contribution in [3.8, 4) is 16.8 Å². The van der Waals surface area contributed by atoms with Crippen LogP contribution < -0.4 is 15.6 Å². The molecule has 1 aliphatic carbocycles. The fourth-order valence-corrected chi connectivity index (χ4v) is 8.89. The summed E-state index contributed by atoms with van der Waals surface area (Å²) >= 11 is 6.61. The summed E-state index contributed by atoms with van der Waals surface area (Å²) in [7, 11) is -4.11. The predicted molar refractivity (Wildman–Crippen MR) is 216 cm³/mol. The summed E-state index contributed by atoms with van der Waals surface area (Å²) in [5.41, 5.74) is -3.81. The van der Waals surface area contributed by atoms with Gasteiger partial charge in [0.05, 0.1) is 43.8 Å². The van der Waals surface area contributed by atoms with Crippen LogP contribution in [-0.4, -0.2) is 55.1 Å². The highest BCUT2D eigenvalue weighted by atomic mass is 35.5. The van der Waals surface area contributed by atoms with Gasteiger partial charge in [-0.2, -0.15) is 10.2 Å². The minimum absolute atomic E-state index is 0.0748. The molecule has 2 N–H and O–H groups in total. The molecule has 3 aromatic heterocycles. The number of sulfonamides is 1. The molecule has 3 heterocycles. The van der Waals surface area contributed by atoms with Crippen LogP contribution in [0, 0.1) is 17.5 Å². The van der Waals surface area contributed by atoms with Gasteiger partial charge >= 0.3 is 0 Å². The van der Waals surface area contributed by atoms with Crippen LogP contribution in [0.25, 0.3) is 38.6 Å². The summed E-state index contributed by atoms with van der Waals surface area (Å²) < 4.78 is 158. The highest BCUT2D eigenvalue weighted by Crippen LogP contribution is 2.39. The Morgan fingerprint density at radius 1 is 0.859 bits per heavy atom. The van der Waals surface area contributed by atoms with Crippen LogP contribution in [0.2, 0.25) is 5.02 Å². The second-order valence-corrected chi connectivity index (χ2v) is 17.1. The molecule has 1 fully saturated rings. The molecule has 1 atom stereocenters. The number of anilines is 1. The van der Waals surface area contributed by atoms with Crippen molar-refractivity contribution < 1.29 is 52.7 Å². The zero-order chi connectivity index (χ0) is 45.8. The molecule has 0 aliphatic heterocycles. The van der Waals surface area contributed by atoms with Gasteiger partial charge in [-0.15, -0.1) is 0 Å². The largest absolute Gasteiger partial charge is 0.344 e. The summed E-state index contributed by atoms with van der Waals surface area (Å²) in [4.78, 5) is 33.6. The Labute approximate surface area is 360 Å². The molecule has 0 saturated heterocycles. The van der Waals surface area contributed by atoms with E-state index in [4.69, 9.17) is 16.6 Å². The number of fused-ring (bicyclic) bond motifs is 2. The minimum Gasteiger partial charge on any atom is -0.344 e. The zero-order valence-electron chi connectivity index (χ0n) is 32.4. The third kappa shape index (κ3) is 8.88. The monoisotopic (exact) mass is 936 g/mol. The van der Waals surface area contributed by atoms with Crippen molar-refractivity contribution in [2.45, 2.75) is 62.9 Å². The fraction of sp³-hybridized carbons (Fsp3) is 0.244. The topological polar surface area (TPSA) is 146 Å². The van der Waals surface area contributed by atoms with Gasteiger partial charge in [-0.05, 0) is 72.5 Å². The molecule has 1 amide bonds. The van der Waals surface area contributed by atoms with Gasteiger partial charge in [0.2, 0.25) is 15.9 Å². The van der Waals surface area contributed by atoms with Crippen LogP contribution in [0.3, 0.4) is 0 Å². The number of hydrogen-bond acceptors (Lipinski definition) is 7. The number of amides is 1. The van der Waals surface area contributed by atoms with Crippen molar-refractivity contribution in [1.29, 1.82) is 0 Å². The molecule has 64 heavy (non-hydrogen) atoms. The van der Waals surface area contributed by atoms with Crippen LogP contribution in [0.1, 0.15) is 54.5 Å². The first-order valence-corrected chi connectivity index (χ1v) is 21.0. The molecule has 0 bridgehead atoms. The van der Waals surface area contributed by atoms with Crippen LogP contribution in [0.5, 0.6) is 0 Å². The zero-order valence-corrected chi connectivity index (χ0v) is 34.0. The van der Waals surface area contributed by atoms with Crippen molar-refractivity contribution in [1.82, 2.24) is 34.4 Å². The van der Waals surface area contributed by atoms with Crippen molar-refractivity contribution in [3.05, 3.63) is 134 Å². The number of nitrogens with zero attached hydrogens (tertiary/aromatic N) is 6. The number of benzene rings is 4. The maximum absolute atomic E-state index is 15.1. The molecule has 1 aliphatic rings. The van der Waals surface area contributed by atoms with E-state index in [0.29, 0.717) is 34.3 Å². The summed E-state index contributed by atoms with van der Waals surface area (Å²) in [6.07, 6.45) is -9.81. The third-order valence-electron chi connectivity index (χ3n) is 10.2. The van der Waals surface area contributed by atoms with E-state index in [1.165, 1.54) is 48.5 Å². The van der Waals surface area contributed by atoms with Crippen molar-refractivity contribution in [3.63, 3.8) is 0 Å². The Bertz CT molecular complexity index is 3120. The molecule has 334 valence electrons. The first-order chi connectivity index (χ1) is 30.4. The number of nitrogens with one attached hydrogen (secondary N) is 2. The van der Waals surface area contributed by atoms with Crippen molar-refractivity contribution in [2.75, 3.05) is 4.72 Å². The summed E-state index contributed by atoms with van der Waals surface area (Å²) in [5, 5.41) is 8.60. The normalized spacial score (nSPS) is 13.8. The van der Waals surface area contributed by atoms with Gasteiger partial charge in [0, 0.05) is 18.1 Å². The molecular formula is C41H30ClF9N8O4S. The predicted octanol–water partition coefficient (Wildman–Crippen LogP) is 8.81. The first kappa shape index (κ1) is 44.2. The van der Waals surface area contributed by atoms with Crippen LogP contribution in [0.4, 0.5) is 45.3 Å². The van der Waals surface area contributed by atoms with Crippen LogP contribution in [0.15, 0.2) is 83.7 Å². The number of halogens is 10. The molecule has 7 aromatic rings. The fourth-order valence-electron chi connectivity index (χ4n) is 7.31. The lowest BCUT2D eigenvalue weighted by atomic mass is 10.0. The van der Waals surface area contributed by atoms with Crippen LogP contribution >= 0.6 is 11.6 Å². The number of rotatable bonds is 15.